The molecule has 0 radical (unpaired) electrons. The van der Waals surface area contributed by atoms with E-state index in [0.717, 1.165) is 38.3 Å². The molecule has 1 saturated heterocycles. The van der Waals surface area contributed by atoms with Gasteiger partial charge in [-0.3, -0.25) is 9.80 Å². The number of rotatable bonds is 3. The lowest BCUT2D eigenvalue weighted by atomic mass is 10.0. The molecular formula is C15H24N2O3. The number of aryl methyl sites for hydroxylation is 1. The van der Waals surface area contributed by atoms with Crippen LogP contribution in [0.4, 0.5) is 0 Å². The zero-order valence-corrected chi connectivity index (χ0v) is 12.8. The number of nitrogens with zero attached hydrogens (tertiary/aromatic N) is 2. The number of furan rings is 1. The Bertz CT molecular complexity index is 480. The normalized spacial score (nSPS) is 18.4. The zero-order chi connectivity index (χ0) is 14.9. The molecule has 0 atom stereocenters. The lowest BCUT2D eigenvalue weighted by Gasteiger charge is -2.42. The summed E-state index contributed by atoms with van der Waals surface area (Å²) in [6.45, 7) is 13.4. The van der Waals surface area contributed by atoms with E-state index in [1.54, 1.807) is 6.07 Å². The summed E-state index contributed by atoms with van der Waals surface area (Å²) in [7, 11) is 0. The first-order chi connectivity index (χ1) is 9.27. The second-order valence-corrected chi connectivity index (χ2v) is 6.43. The van der Waals surface area contributed by atoms with Crippen LogP contribution in [0.1, 0.15) is 42.6 Å². The summed E-state index contributed by atoms with van der Waals surface area (Å²) in [5.74, 6) is -0.261. The Labute approximate surface area is 120 Å². The van der Waals surface area contributed by atoms with Gasteiger partial charge in [0.25, 0.3) is 0 Å². The maximum atomic E-state index is 10.9. The monoisotopic (exact) mass is 280 g/mol. The van der Waals surface area contributed by atoms with Crippen molar-refractivity contribution in [3.05, 3.63) is 23.2 Å². The van der Waals surface area contributed by atoms with Crippen LogP contribution in [0.15, 0.2) is 10.5 Å². The van der Waals surface area contributed by atoms with Crippen molar-refractivity contribution in [2.75, 3.05) is 26.2 Å². The first kappa shape index (κ1) is 15.1. The van der Waals surface area contributed by atoms with Crippen molar-refractivity contribution in [1.29, 1.82) is 0 Å². The molecule has 0 bridgehead atoms. The number of carboxylic acids is 1. The number of piperazine rings is 1. The Morgan fingerprint density at radius 3 is 2.35 bits per heavy atom. The SMILES string of the molecule is Cc1oc(C(=O)O)cc1CN1CCN(C(C)(C)C)CC1. The zero-order valence-electron chi connectivity index (χ0n) is 12.8. The van der Waals surface area contributed by atoms with Crippen molar-refractivity contribution in [1.82, 2.24) is 9.80 Å². The molecule has 0 aliphatic carbocycles. The fraction of sp³-hybridized carbons (Fsp3) is 0.667. The molecule has 112 valence electrons. The highest BCUT2D eigenvalue weighted by Gasteiger charge is 2.26. The van der Waals surface area contributed by atoms with Gasteiger partial charge in [-0.15, -0.1) is 0 Å². The minimum absolute atomic E-state index is 0.0332. The highest BCUT2D eigenvalue weighted by molar-refractivity contribution is 5.84. The first-order valence-corrected chi connectivity index (χ1v) is 7.07. The first-order valence-electron chi connectivity index (χ1n) is 7.07. The van der Waals surface area contributed by atoms with Gasteiger partial charge in [0.05, 0.1) is 0 Å². The molecule has 0 aromatic carbocycles. The summed E-state index contributed by atoms with van der Waals surface area (Å²) in [5, 5.41) is 8.94. The Kier molecular flexibility index (Phi) is 4.20. The standard InChI is InChI=1S/C15H24N2O3/c1-11-12(9-13(20-11)14(18)19)10-16-5-7-17(8-6-16)15(2,3)4/h9H,5-8,10H2,1-4H3,(H,18,19). The van der Waals surface area contributed by atoms with Crippen molar-refractivity contribution in [2.24, 2.45) is 0 Å². The minimum Gasteiger partial charge on any atom is -0.475 e. The van der Waals surface area contributed by atoms with Gasteiger partial charge < -0.3 is 9.52 Å². The van der Waals surface area contributed by atoms with Crippen LogP contribution in [0, 0.1) is 6.92 Å². The average Bonchev–Trinajstić information content (AvgIpc) is 2.71. The number of hydrogen-bond acceptors (Lipinski definition) is 4. The molecule has 20 heavy (non-hydrogen) atoms. The molecule has 0 spiro atoms. The maximum Gasteiger partial charge on any atom is 0.371 e. The molecule has 1 aliphatic heterocycles. The van der Waals surface area contributed by atoms with E-state index in [0.29, 0.717) is 5.76 Å². The molecule has 1 N–H and O–H groups in total. The Balaban J connectivity index is 1.94. The van der Waals surface area contributed by atoms with E-state index in [9.17, 15) is 4.79 Å². The maximum absolute atomic E-state index is 10.9. The molecular weight excluding hydrogens is 256 g/mol. The quantitative estimate of drug-likeness (QED) is 0.920. The predicted octanol–water partition coefficient (Wildman–Crippen LogP) is 2.20. The molecule has 2 heterocycles. The third kappa shape index (κ3) is 3.41. The second kappa shape index (κ2) is 5.58. The van der Waals surface area contributed by atoms with E-state index in [2.05, 4.69) is 30.6 Å². The molecule has 1 aromatic rings. The van der Waals surface area contributed by atoms with Crippen molar-refractivity contribution in [3.8, 4) is 0 Å². The van der Waals surface area contributed by atoms with Crippen LogP contribution in [0.5, 0.6) is 0 Å². The topological polar surface area (TPSA) is 56.9 Å². The molecule has 0 saturated carbocycles. The Morgan fingerprint density at radius 2 is 1.90 bits per heavy atom. The van der Waals surface area contributed by atoms with E-state index in [1.165, 1.54) is 0 Å². The van der Waals surface area contributed by atoms with Gasteiger partial charge in [0.15, 0.2) is 0 Å². The fourth-order valence-corrected chi connectivity index (χ4v) is 2.60. The van der Waals surface area contributed by atoms with E-state index in [-0.39, 0.29) is 11.3 Å². The molecule has 0 amide bonds. The molecule has 1 aliphatic rings. The average molecular weight is 280 g/mol. The van der Waals surface area contributed by atoms with Gasteiger partial charge in [-0.05, 0) is 33.8 Å². The third-order valence-corrected chi connectivity index (χ3v) is 3.95. The number of carboxylic acid groups (broad SMARTS) is 1. The van der Waals surface area contributed by atoms with Crippen LogP contribution in [0.3, 0.4) is 0 Å². The lowest BCUT2D eigenvalue weighted by Crippen LogP contribution is -2.53. The van der Waals surface area contributed by atoms with Crippen LogP contribution >= 0.6 is 0 Å². The van der Waals surface area contributed by atoms with Crippen LogP contribution in [0.25, 0.3) is 0 Å². The third-order valence-electron chi connectivity index (χ3n) is 3.95. The summed E-state index contributed by atoms with van der Waals surface area (Å²) in [4.78, 5) is 15.7. The van der Waals surface area contributed by atoms with E-state index in [1.807, 2.05) is 6.92 Å². The van der Waals surface area contributed by atoms with Crippen molar-refractivity contribution in [3.63, 3.8) is 0 Å². The minimum atomic E-state index is -1.00. The molecule has 5 nitrogen and oxygen atoms in total. The molecule has 1 fully saturated rings. The summed E-state index contributed by atoms with van der Waals surface area (Å²) >= 11 is 0. The Morgan fingerprint density at radius 1 is 1.30 bits per heavy atom. The van der Waals surface area contributed by atoms with Crippen LogP contribution < -0.4 is 0 Å². The van der Waals surface area contributed by atoms with E-state index < -0.39 is 5.97 Å². The van der Waals surface area contributed by atoms with Crippen LogP contribution in [0.2, 0.25) is 0 Å². The molecule has 0 unspecified atom stereocenters. The lowest BCUT2D eigenvalue weighted by molar-refractivity contribution is 0.0589. The van der Waals surface area contributed by atoms with E-state index in [4.69, 9.17) is 9.52 Å². The summed E-state index contributed by atoms with van der Waals surface area (Å²) in [5.41, 5.74) is 1.19. The van der Waals surface area contributed by atoms with E-state index >= 15 is 0 Å². The highest BCUT2D eigenvalue weighted by Crippen LogP contribution is 2.20. The highest BCUT2D eigenvalue weighted by atomic mass is 16.4. The van der Waals surface area contributed by atoms with Gasteiger partial charge in [0.2, 0.25) is 5.76 Å². The van der Waals surface area contributed by atoms with Gasteiger partial charge in [-0.1, -0.05) is 0 Å². The fourth-order valence-electron chi connectivity index (χ4n) is 2.60. The molecule has 2 rings (SSSR count). The summed E-state index contributed by atoms with van der Waals surface area (Å²) in [6.07, 6.45) is 0. The van der Waals surface area contributed by atoms with Gasteiger partial charge in [-0.25, -0.2) is 4.79 Å². The molecule has 5 heteroatoms. The van der Waals surface area contributed by atoms with Gasteiger partial charge >= 0.3 is 5.97 Å². The van der Waals surface area contributed by atoms with Crippen molar-refractivity contribution in [2.45, 2.75) is 39.8 Å². The smallest absolute Gasteiger partial charge is 0.371 e. The van der Waals surface area contributed by atoms with Crippen molar-refractivity contribution >= 4 is 5.97 Å². The van der Waals surface area contributed by atoms with Crippen LogP contribution in [-0.2, 0) is 6.54 Å². The largest absolute Gasteiger partial charge is 0.475 e. The summed E-state index contributed by atoms with van der Waals surface area (Å²) in [6, 6.07) is 1.65. The van der Waals surface area contributed by atoms with Gasteiger partial charge in [-0.2, -0.15) is 0 Å². The number of aromatic carboxylic acids is 1. The summed E-state index contributed by atoms with van der Waals surface area (Å²) < 4.78 is 5.26. The predicted molar refractivity (Wildman–Crippen MR) is 77.0 cm³/mol. The number of hydrogen-bond donors (Lipinski definition) is 1. The van der Waals surface area contributed by atoms with Gasteiger partial charge in [0.1, 0.15) is 5.76 Å². The second-order valence-electron chi connectivity index (χ2n) is 6.43. The van der Waals surface area contributed by atoms with Gasteiger partial charge in [0, 0.05) is 43.8 Å². The number of carbonyl (C=O) groups is 1. The molecule has 1 aromatic heterocycles. The van der Waals surface area contributed by atoms with Crippen LogP contribution in [-0.4, -0.2) is 52.6 Å². The Hall–Kier alpha value is -1.33. The van der Waals surface area contributed by atoms with Crippen molar-refractivity contribution < 1.29 is 14.3 Å².